The molecule has 0 amide bonds. The van der Waals surface area contributed by atoms with Gasteiger partial charge in [0.15, 0.2) is 0 Å². The molecule has 0 bridgehead atoms. The molecule has 0 heterocycles. The number of carbonyl (C=O) groups excluding carboxylic acids is 2. The van der Waals surface area contributed by atoms with Crippen LogP contribution in [0.25, 0.3) is 0 Å². The Hall–Kier alpha value is -2.30. The van der Waals surface area contributed by atoms with E-state index in [1.165, 1.54) is 0 Å². The summed E-state index contributed by atoms with van der Waals surface area (Å²) in [6, 6.07) is 6.44. The molecule has 0 aliphatic carbocycles. The van der Waals surface area contributed by atoms with E-state index in [0.29, 0.717) is 43.6 Å². The number of hydrogen-bond acceptors (Lipinski definition) is 5. The van der Waals surface area contributed by atoms with E-state index < -0.39 is 5.97 Å². The molecule has 0 radical (unpaired) electrons. The zero-order valence-electron chi connectivity index (χ0n) is 12.8. The molecule has 5 heteroatoms. The van der Waals surface area contributed by atoms with Crippen LogP contribution in [0.5, 0.6) is 11.5 Å². The third-order valence-corrected chi connectivity index (χ3v) is 2.89. The molecule has 0 atom stereocenters. The normalized spacial score (nSPS) is 10.0. The smallest absolute Gasteiger partial charge is 0.333 e. The Morgan fingerprint density at radius 1 is 1.09 bits per heavy atom. The molecule has 1 aromatic carbocycles. The second-order valence-corrected chi connectivity index (χ2v) is 5.00. The van der Waals surface area contributed by atoms with Crippen molar-refractivity contribution in [1.82, 2.24) is 0 Å². The van der Waals surface area contributed by atoms with Crippen LogP contribution in [0.4, 0.5) is 0 Å². The second kappa shape index (κ2) is 9.60. The van der Waals surface area contributed by atoms with Crippen LogP contribution in [0.3, 0.4) is 0 Å². The van der Waals surface area contributed by atoms with Gasteiger partial charge in [0.1, 0.15) is 17.3 Å². The lowest BCUT2D eigenvalue weighted by atomic mass is 10.1. The first kappa shape index (κ1) is 17.8. The van der Waals surface area contributed by atoms with Crippen LogP contribution in [0.15, 0.2) is 36.4 Å². The number of phenolic OH excluding ortho intramolecular Hbond substituents is 1. The Kier molecular flexibility index (Phi) is 7.75. The highest BCUT2D eigenvalue weighted by Crippen LogP contribution is 2.16. The molecule has 0 aromatic heterocycles. The van der Waals surface area contributed by atoms with Crippen molar-refractivity contribution in [2.45, 2.75) is 32.6 Å². The van der Waals surface area contributed by atoms with Gasteiger partial charge in [-0.25, -0.2) is 4.79 Å². The van der Waals surface area contributed by atoms with Gasteiger partial charge in [0.2, 0.25) is 0 Å². The Balaban J connectivity index is 2.05. The molecule has 0 spiro atoms. The van der Waals surface area contributed by atoms with E-state index in [1.807, 2.05) is 0 Å². The monoisotopic (exact) mass is 306 g/mol. The number of hydrogen-bond donors (Lipinski definition) is 1. The van der Waals surface area contributed by atoms with Gasteiger partial charge in [0.05, 0.1) is 13.2 Å². The van der Waals surface area contributed by atoms with Gasteiger partial charge in [-0.2, -0.15) is 0 Å². The van der Waals surface area contributed by atoms with Crippen molar-refractivity contribution in [3.05, 3.63) is 36.4 Å². The minimum absolute atomic E-state index is 0.126. The van der Waals surface area contributed by atoms with Crippen molar-refractivity contribution in [3.63, 3.8) is 0 Å². The number of benzene rings is 1. The van der Waals surface area contributed by atoms with Crippen molar-refractivity contribution < 1.29 is 24.2 Å². The largest absolute Gasteiger partial charge is 0.508 e. The summed E-state index contributed by atoms with van der Waals surface area (Å²) in [4.78, 5) is 22.7. The fraction of sp³-hybridized carbons (Fsp3) is 0.412. The van der Waals surface area contributed by atoms with E-state index in [9.17, 15) is 9.59 Å². The van der Waals surface area contributed by atoms with Crippen molar-refractivity contribution in [2.75, 3.05) is 13.2 Å². The lowest BCUT2D eigenvalue weighted by molar-refractivity contribution is -0.139. The Bertz CT molecular complexity index is 504. The van der Waals surface area contributed by atoms with E-state index in [4.69, 9.17) is 14.6 Å². The Morgan fingerprint density at radius 2 is 1.68 bits per heavy atom. The van der Waals surface area contributed by atoms with Crippen LogP contribution in [0.1, 0.15) is 32.6 Å². The molecular weight excluding hydrogens is 284 g/mol. The predicted molar refractivity (Wildman–Crippen MR) is 82.8 cm³/mol. The summed E-state index contributed by atoms with van der Waals surface area (Å²) in [5.74, 6) is 0.558. The SMILES string of the molecule is C=C(C)C(=O)OCCCC(=O)CCCOc1ccc(O)cc1. The maximum absolute atomic E-state index is 11.6. The highest BCUT2D eigenvalue weighted by Gasteiger charge is 2.05. The molecule has 1 aromatic rings. The first-order valence-corrected chi connectivity index (χ1v) is 7.25. The predicted octanol–water partition coefficient (Wildman–Crippen LogP) is 3.02. The average Bonchev–Trinajstić information content (AvgIpc) is 2.49. The number of esters is 1. The number of rotatable bonds is 10. The van der Waals surface area contributed by atoms with E-state index in [1.54, 1.807) is 31.2 Å². The van der Waals surface area contributed by atoms with Crippen molar-refractivity contribution >= 4 is 11.8 Å². The third-order valence-electron chi connectivity index (χ3n) is 2.89. The summed E-state index contributed by atoms with van der Waals surface area (Å²) < 4.78 is 10.4. The third kappa shape index (κ3) is 7.47. The minimum atomic E-state index is -0.422. The number of ether oxygens (including phenoxy) is 2. The van der Waals surface area contributed by atoms with Gasteiger partial charge in [-0.05, 0) is 44.0 Å². The summed E-state index contributed by atoms with van der Waals surface area (Å²) in [7, 11) is 0. The van der Waals surface area contributed by atoms with Gasteiger partial charge in [-0.1, -0.05) is 6.58 Å². The first-order chi connectivity index (χ1) is 10.5. The van der Waals surface area contributed by atoms with Crippen LogP contribution in [-0.4, -0.2) is 30.1 Å². The summed E-state index contributed by atoms with van der Waals surface area (Å²) in [6.07, 6.45) is 1.98. The number of ketones is 1. The van der Waals surface area contributed by atoms with Crippen LogP contribution >= 0.6 is 0 Å². The van der Waals surface area contributed by atoms with Gasteiger partial charge in [-0.3, -0.25) is 4.79 Å². The number of aromatic hydroxyl groups is 1. The maximum Gasteiger partial charge on any atom is 0.333 e. The van der Waals surface area contributed by atoms with Crippen LogP contribution in [0.2, 0.25) is 0 Å². The molecule has 0 saturated carbocycles. The maximum atomic E-state index is 11.6. The standard InChI is InChI=1S/C17H22O5/c1-13(2)17(20)22-12-4-6-14(18)5-3-11-21-16-9-7-15(19)8-10-16/h7-10,19H,1,3-6,11-12H2,2H3. The number of Topliss-reactive ketones (excluding diaryl/α,β-unsaturated/α-hetero) is 1. The van der Waals surface area contributed by atoms with E-state index in [-0.39, 0.29) is 18.1 Å². The number of carbonyl (C=O) groups is 2. The molecule has 22 heavy (non-hydrogen) atoms. The van der Waals surface area contributed by atoms with Gasteiger partial charge < -0.3 is 14.6 Å². The van der Waals surface area contributed by atoms with Crippen LogP contribution < -0.4 is 4.74 Å². The Labute approximate surface area is 130 Å². The van der Waals surface area contributed by atoms with Gasteiger partial charge in [-0.15, -0.1) is 0 Å². The van der Waals surface area contributed by atoms with Gasteiger partial charge >= 0.3 is 5.97 Å². The number of phenols is 1. The summed E-state index contributed by atoms with van der Waals surface area (Å²) in [5, 5.41) is 9.13. The highest BCUT2D eigenvalue weighted by atomic mass is 16.5. The molecule has 120 valence electrons. The highest BCUT2D eigenvalue weighted by molar-refractivity contribution is 5.86. The van der Waals surface area contributed by atoms with Crippen molar-refractivity contribution in [3.8, 4) is 11.5 Å². The van der Waals surface area contributed by atoms with Gasteiger partial charge in [0.25, 0.3) is 0 Å². The first-order valence-electron chi connectivity index (χ1n) is 7.25. The van der Waals surface area contributed by atoms with E-state index in [0.717, 1.165) is 0 Å². The molecule has 5 nitrogen and oxygen atoms in total. The molecule has 0 aliphatic heterocycles. The van der Waals surface area contributed by atoms with E-state index in [2.05, 4.69) is 6.58 Å². The lowest BCUT2D eigenvalue weighted by Gasteiger charge is -2.06. The molecule has 0 fully saturated rings. The van der Waals surface area contributed by atoms with Crippen molar-refractivity contribution in [1.29, 1.82) is 0 Å². The quantitative estimate of drug-likeness (QED) is 0.408. The van der Waals surface area contributed by atoms with Crippen molar-refractivity contribution in [2.24, 2.45) is 0 Å². The zero-order chi connectivity index (χ0) is 16.4. The second-order valence-electron chi connectivity index (χ2n) is 5.00. The summed E-state index contributed by atoms with van der Waals surface area (Å²) in [6.45, 7) is 5.75. The van der Waals surface area contributed by atoms with Crippen LogP contribution in [0, 0.1) is 0 Å². The van der Waals surface area contributed by atoms with Crippen LogP contribution in [-0.2, 0) is 14.3 Å². The fourth-order valence-electron chi connectivity index (χ4n) is 1.68. The molecule has 0 saturated heterocycles. The lowest BCUT2D eigenvalue weighted by Crippen LogP contribution is -2.08. The zero-order valence-corrected chi connectivity index (χ0v) is 12.8. The molecule has 1 rings (SSSR count). The average molecular weight is 306 g/mol. The molecule has 0 unspecified atom stereocenters. The summed E-state index contributed by atoms with van der Waals surface area (Å²) in [5.41, 5.74) is 0.359. The topological polar surface area (TPSA) is 72.8 Å². The molecular formula is C17H22O5. The molecule has 0 aliphatic rings. The summed E-state index contributed by atoms with van der Waals surface area (Å²) >= 11 is 0. The molecule has 1 N–H and O–H groups in total. The fourth-order valence-corrected chi connectivity index (χ4v) is 1.68. The van der Waals surface area contributed by atoms with Gasteiger partial charge in [0, 0.05) is 18.4 Å². The minimum Gasteiger partial charge on any atom is -0.508 e. The Morgan fingerprint density at radius 3 is 2.27 bits per heavy atom. The van der Waals surface area contributed by atoms with E-state index >= 15 is 0 Å².